The molecule has 0 fully saturated rings. The summed E-state index contributed by atoms with van der Waals surface area (Å²) < 4.78 is 0. The molecule has 0 saturated heterocycles. The molecule has 0 unspecified atom stereocenters. The van der Waals surface area contributed by atoms with Crippen LogP contribution in [0.25, 0.3) is 10.6 Å². The van der Waals surface area contributed by atoms with Gasteiger partial charge in [0.05, 0.1) is 5.38 Å². The largest absolute Gasteiger partial charge is 0.384 e. The van der Waals surface area contributed by atoms with Crippen molar-refractivity contribution in [2.75, 3.05) is 11.9 Å². The quantitative estimate of drug-likeness (QED) is 0.767. The van der Waals surface area contributed by atoms with Gasteiger partial charge in [0, 0.05) is 24.0 Å². The number of anilines is 1. The number of nitrogens with one attached hydrogen (secondary N) is 1. The van der Waals surface area contributed by atoms with Crippen molar-refractivity contribution in [2.45, 2.75) is 6.42 Å². The topological polar surface area (TPSA) is 24.9 Å². The smallest absolute Gasteiger partial charge is 0.123 e. The van der Waals surface area contributed by atoms with Gasteiger partial charge in [-0.3, -0.25) is 0 Å². The van der Waals surface area contributed by atoms with Crippen LogP contribution in [0.3, 0.4) is 0 Å². The van der Waals surface area contributed by atoms with Crippen molar-refractivity contribution in [3.8, 4) is 10.6 Å². The van der Waals surface area contributed by atoms with Crippen LogP contribution >= 0.6 is 11.3 Å². The second-order valence-electron chi connectivity index (χ2n) is 3.33. The second-order valence-corrected chi connectivity index (χ2v) is 4.16. The Hall–Kier alpha value is -1.35. The molecule has 0 bridgehead atoms. The van der Waals surface area contributed by atoms with Crippen LogP contribution in [0.1, 0.15) is 5.56 Å². The molecule has 14 heavy (non-hydrogen) atoms. The molecule has 1 aliphatic rings. The minimum absolute atomic E-state index is 1.06. The van der Waals surface area contributed by atoms with Crippen molar-refractivity contribution in [3.05, 3.63) is 35.3 Å². The Labute approximate surface area is 86.6 Å². The fourth-order valence-electron chi connectivity index (χ4n) is 1.76. The van der Waals surface area contributed by atoms with Crippen LogP contribution in [0.15, 0.2) is 24.4 Å². The minimum Gasteiger partial charge on any atom is -0.384 e. The minimum atomic E-state index is 1.06. The summed E-state index contributed by atoms with van der Waals surface area (Å²) >= 11 is 1.56. The zero-order chi connectivity index (χ0) is 9.38. The first-order chi connectivity index (χ1) is 6.93. The molecule has 0 aliphatic carbocycles. The maximum absolute atomic E-state index is 4.25. The summed E-state index contributed by atoms with van der Waals surface area (Å²) in [5.74, 6) is 0. The predicted octanol–water partition coefficient (Wildman–Crippen LogP) is 2.58. The van der Waals surface area contributed by atoms with Crippen LogP contribution in [-0.2, 0) is 6.42 Å². The van der Waals surface area contributed by atoms with Gasteiger partial charge in [-0.25, -0.2) is 4.98 Å². The number of rotatable bonds is 1. The van der Waals surface area contributed by atoms with Gasteiger partial charge in [-0.15, -0.1) is 11.3 Å². The molecule has 1 aromatic carbocycles. The van der Waals surface area contributed by atoms with Crippen LogP contribution in [0.2, 0.25) is 0 Å². The second kappa shape index (κ2) is 3.10. The molecule has 0 saturated carbocycles. The SMILES string of the molecule is [c]1cnc(-c2ccc3c(c2)CCN3)s1. The lowest BCUT2D eigenvalue weighted by molar-refractivity contribution is 1.11. The summed E-state index contributed by atoms with van der Waals surface area (Å²) in [5.41, 5.74) is 3.88. The zero-order valence-electron chi connectivity index (χ0n) is 7.58. The molecular weight excluding hydrogens is 192 g/mol. The van der Waals surface area contributed by atoms with E-state index in [1.165, 1.54) is 16.8 Å². The van der Waals surface area contributed by atoms with Gasteiger partial charge in [0.2, 0.25) is 0 Å². The Bertz CT molecular complexity index is 448. The lowest BCUT2D eigenvalue weighted by Crippen LogP contribution is -1.90. The van der Waals surface area contributed by atoms with Crippen molar-refractivity contribution in [1.29, 1.82) is 0 Å². The number of benzene rings is 1. The van der Waals surface area contributed by atoms with E-state index in [-0.39, 0.29) is 0 Å². The van der Waals surface area contributed by atoms with E-state index in [2.05, 4.69) is 33.9 Å². The highest BCUT2D eigenvalue weighted by Gasteiger charge is 2.11. The number of hydrogen-bond acceptors (Lipinski definition) is 3. The Morgan fingerprint density at radius 1 is 1.43 bits per heavy atom. The lowest BCUT2D eigenvalue weighted by atomic mass is 10.1. The zero-order valence-corrected chi connectivity index (χ0v) is 8.40. The van der Waals surface area contributed by atoms with Gasteiger partial charge in [-0.2, -0.15) is 0 Å². The molecule has 2 aromatic rings. The average molecular weight is 201 g/mol. The Balaban J connectivity index is 2.09. The van der Waals surface area contributed by atoms with Crippen LogP contribution < -0.4 is 5.32 Å². The van der Waals surface area contributed by atoms with Gasteiger partial charge in [-0.1, -0.05) is 0 Å². The van der Waals surface area contributed by atoms with E-state index in [1.54, 1.807) is 17.5 Å². The fraction of sp³-hybridized carbons (Fsp3) is 0.182. The summed E-state index contributed by atoms with van der Waals surface area (Å²) in [6.07, 6.45) is 2.85. The molecule has 0 amide bonds. The number of hydrogen-bond donors (Lipinski definition) is 1. The maximum Gasteiger partial charge on any atom is 0.123 e. The van der Waals surface area contributed by atoms with Gasteiger partial charge < -0.3 is 5.32 Å². The van der Waals surface area contributed by atoms with Crippen LogP contribution in [0.4, 0.5) is 5.69 Å². The Kier molecular flexibility index (Phi) is 1.77. The highest BCUT2D eigenvalue weighted by molar-refractivity contribution is 7.12. The third-order valence-electron chi connectivity index (χ3n) is 2.45. The molecule has 69 valence electrons. The highest BCUT2D eigenvalue weighted by atomic mass is 32.1. The molecule has 3 heteroatoms. The fourth-order valence-corrected chi connectivity index (χ4v) is 2.33. The first kappa shape index (κ1) is 8.00. The number of fused-ring (bicyclic) bond motifs is 1. The van der Waals surface area contributed by atoms with Crippen molar-refractivity contribution in [3.63, 3.8) is 0 Å². The predicted molar refractivity (Wildman–Crippen MR) is 58.6 cm³/mol. The molecule has 1 N–H and O–H groups in total. The van der Waals surface area contributed by atoms with E-state index in [9.17, 15) is 0 Å². The van der Waals surface area contributed by atoms with Gasteiger partial charge in [0.25, 0.3) is 0 Å². The van der Waals surface area contributed by atoms with E-state index in [4.69, 9.17) is 0 Å². The molecule has 0 spiro atoms. The van der Waals surface area contributed by atoms with Crippen LogP contribution in [0, 0.1) is 5.38 Å². The molecule has 1 aromatic heterocycles. The summed E-state index contributed by atoms with van der Waals surface area (Å²) in [6.45, 7) is 1.06. The molecule has 3 rings (SSSR count). The standard InChI is InChI=1S/C11H9N2S/c1-2-10-8(3-4-12-10)7-9(1)11-13-5-6-14-11/h1-2,5,7,12H,3-4H2. The molecule has 1 radical (unpaired) electrons. The Morgan fingerprint density at radius 3 is 3.29 bits per heavy atom. The van der Waals surface area contributed by atoms with E-state index < -0.39 is 0 Å². The maximum atomic E-state index is 4.25. The average Bonchev–Trinajstić information content (AvgIpc) is 2.88. The van der Waals surface area contributed by atoms with Crippen molar-refractivity contribution in [1.82, 2.24) is 4.98 Å². The molecule has 2 heterocycles. The van der Waals surface area contributed by atoms with Crippen LogP contribution in [-0.4, -0.2) is 11.5 Å². The van der Waals surface area contributed by atoms with E-state index in [1.807, 2.05) is 0 Å². The monoisotopic (exact) mass is 201 g/mol. The first-order valence-electron chi connectivity index (χ1n) is 4.62. The van der Waals surface area contributed by atoms with Crippen molar-refractivity contribution in [2.24, 2.45) is 0 Å². The third-order valence-corrected chi connectivity index (χ3v) is 3.21. The van der Waals surface area contributed by atoms with E-state index >= 15 is 0 Å². The first-order valence-corrected chi connectivity index (χ1v) is 5.44. The van der Waals surface area contributed by atoms with Gasteiger partial charge in [0.15, 0.2) is 0 Å². The van der Waals surface area contributed by atoms with Gasteiger partial charge in [0.1, 0.15) is 5.01 Å². The Morgan fingerprint density at radius 2 is 2.43 bits per heavy atom. The summed E-state index contributed by atoms with van der Waals surface area (Å²) in [5, 5.41) is 7.41. The normalized spacial score (nSPS) is 13.7. The van der Waals surface area contributed by atoms with Crippen LogP contribution in [0.5, 0.6) is 0 Å². The van der Waals surface area contributed by atoms with E-state index in [0.717, 1.165) is 18.0 Å². The van der Waals surface area contributed by atoms with E-state index in [0.29, 0.717) is 0 Å². The van der Waals surface area contributed by atoms with Crippen molar-refractivity contribution < 1.29 is 0 Å². The molecule has 1 aliphatic heterocycles. The van der Waals surface area contributed by atoms with Crippen molar-refractivity contribution >= 4 is 17.0 Å². The summed E-state index contributed by atoms with van der Waals surface area (Å²) in [7, 11) is 0. The lowest BCUT2D eigenvalue weighted by Gasteiger charge is -2.01. The highest BCUT2D eigenvalue weighted by Crippen LogP contribution is 2.29. The summed E-state index contributed by atoms with van der Waals surface area (Å²) in [6, 6.07) is 6.48. The number of thiazole rings is 1. The molecule has 2 nitrogen and oxygen atoms in total. The van der Waals surface area contributed by atoms with Gasteiger partial charge in [-0.05, 0) is 30.2 Å². The molecule has 0 atom stereocenters. The summed E-state index contributed by atoms with van der Waals surface area (Å²) in [4.78, 5) is 4.25. The molecular formula is C11H9N2S. The third kappa shape index (κ3) is 1.21. The number of nitrogens with zero attached hydrogens (tertiary/aromatic N) is 1. The number of aromatic nitrogens is 1. The van der Waals surface area contributed by atoms with Gasteiger partial charge >= 0.3 is 0 Å².